The van der Waals surface area contributed by atoms with Crippen molar-refractivity contribution in [3.8, 4) is 0 Å². The highest BCUT2D eigenvalue weighted by Crippen LogP contribution is 2.08. The molecule has 7 nitrogen and oxygen atoms in total. The Bertz CT molecular complexity index is 372. The third-order valence-electron chi connectivity index (χ3n) is 3.03. The van der Waals surface area contributed by atoms with E-state index in [9.17, 15) is 19.5 Å². The summed E-state index contributed by atoms with van der Waals surface area (Å²) in [7, 11) is 0. The van der Waals surface area contributed by atoms with Crippen molar-refractivity contribution in [2.45, 2.75) is 32.8 Å². The minimum atomic E-state index is -1.01. The first-order valence-corrected chi connectivity index (χ1v) is 6.91. The molecule has 0 aromatic heterocycles. The minimum Gasteiger partial charge on any atom is -0.466 e. The van der Waals surface area contributed by atoms with Gasteiger partial charge in [-0.3, -0.25) is 14.4 Å². The summed E-state index contributed by atoms with van der Waals surface area (Å²) < 4.78 is 4.72. The highest BCUT2D eigenvalue weighted by molar-refractivity contribution is 6.35. The Morgan fingerprint density at radius 2 is 1.85 bits per heavy atom. The fourth-order valence-corrected chi connectivity index (χ4v) is 2.10. The molecule has 7 heteroatoms. The number of β-amino-alcohol motifs (C(OH)–C–C–N with tert-alkyl or cyclic N) is 1. The smallest absolute Gasteiger partial charge is 0.312 e. The van der Waals surface area contributed by atoms with Crippen LogP contribution in [0.1, 0.15) is 26.7 Å². The van der Waals surface area contributed by atoms with E-state index in [1.54, 1.807) is 6.92 Å². The number of carbonyl (C=O) groups excluding carboxylic acids is 3. The van der Waals surface area contributed by atoms with E-state index in [2.05, 4.69) is 0 Å². The van der Waals surface area contributed by atoms with Crippen LogP contribution in [0.4, 0.5) is 0 Å². The first-order valence-electron chi connectivity index (χ1n) is 6.91. The number of amides is 2. The fourth-order valence-electron chi connectivity index (χ4n) is 2.10. The maximum atomic E-state index is 11.9. The van der Waals surface area contributed by atoms with Crippen LogP contribution in [0.15, 0.2) is 0 Å². The van der Waals surface area contributed by atoms with Gasteiger partial charge in [0.25, 0.3) is 0 Å². The molecule has 1 unspecified atom stereocenters. The maximum absolute atomic E-state index is 11.9. The molecule has 0 radical (unpaired) electrons. The van der Waals surface area contributed by atoms with Crippen LogP contribution in [0.5, 0.6) is 0 Å². The Labute approximate surface area is 118 Å². The molecule has 0 aromatic carbocycles. The number of rotatable bonds is 7. The lowest BCUT2D eigenvalue weighted by Gasteiger charge is -2.34. The fraction of sp³-hybridized carbons (Fsp3) is 0.769. The average Bonchev–Trinajstić information content (AvgIpc) is 2.38. The molecule has 1 saturated heterocycles. The third-order valence-corrected chi connectivity index (χ3v) is 3.03. The summed E-state index contributed by atoms with van der Waals surface area (Å²) in [4.78, 5) is 37.7. The zero-order valence-corrected chi connectivity index (χ0v) is 12.0. The van der Waals surface area contributed by atoms with Gasteiger partial charge >= 0.3 is 17.8 Å². The van der Waals surface area contributed by atoms with Gasteiger partial charge in [-0.2, -0.15) is 0 Å². The van der Waals surface area contributed by atoms with Crippen LogP contribution in [0.2, 0.25) is 0 Å². The standard InChI is InChI=1S/C13H22N2O5/c1-3-5-14-6-7-15(13(19)12(14)18)9-10(16)8-11(17)20-4-2/h10,16H,3-9H2,1-2H3. The van der Waals surface area contributed by atoms with Crippen molar-refractivity contribution in [1.29, 1.82) is 0 Å². The van der Waals surface area contributed by atoms with Gasteiger partial charge in [0.2, 0.25) is 0 Å². The Morgan fingerprint density at radius 3 is 2.45 bits per heavy atom. The second-order valence-corrected chi connectivity index (χ2v) is 4.71. The van der Waals surface area contributed by atoms with Crippen LogP contribution in [0.3, 0.4) is 0 Å². The van der Waals surface area contributed by atoms with Gasteiger partial charge < -0.3 is 19.6 Å². The third kappa shape index (κ3) is 4.48. The molecule has 114 valence electrons. The molecule has 1 rings (SSSR count). The monoisotopic (exact) mass is 286 g/mol. The molecule has 20 heavy (non-hydrogen) atoms. The van der Waals surface area contributed by atoms with Crippen molar-refractivity contribution in [3.63, 3.8) is 0 Å². The average molecular weight is 286 g/mol. The Kier molecular flexibility index (Phi) is 6.44. The molecule has 0 aromatic rings. The van der Waals surface area contributed by atoms with Crippen molar-refractivity contribution in [3.05, 3.63) is 0 Å². The van der Waals surface area contributed by atoms with Gasteiger partial charge in [-0.1, -0.05) is 6.92 Å². The molecule has 1 aliphatic rings. The second kappa shape index (κ2) is 7.84. The van der Waals surface area contributed by atoms with Crippen LogP contribution in [-0.4, -0.2) is 71.6 Å². The topological polar surface area (TPSA) is 87.2 Å². The first kappa shape index (κ1) is 16.4. The SMILES string of the molecule is CCCN1CCN(CC(O)CC(=O)OCC)C(=O)C1=O. The van der Waals surface area contributed by atoms with Crippen molar-refractivity contribution in [2.24, 2.45) is 0 Å². The van der Waals surface area contributed by atoms with E-state index in [0.717, 1.165) is 6.42 Å². The summed E-state index contributed by atoms with van der Waals surface area (Å²) >= 11 is 0. The second-order valence-electron chi connectivity index (χ2n) is 4.71. The van der Waals surface area contributed by atoms with E-state index in [4.69, 9.17) is 4.74 Å². The molecule has 1 atom stereocenters. The summed E-state index contributed by atoms with van der Waals surface area (Å²) in [6.45, 7) is 5.24. The van der Waals surface area contributed by atoms with Gasteiger partial charge in [0, 0.05) is 26.2 Å². The molecule has 0 saturated carbocycles. The van der Waals surface area contributed by atoms with E-state index < -0.39 is 23.9 Å². The van der Waals surface area contributed by atoms with Crippen molar-refractivity contribution in [1.82, 2.24) is 9.80 Å². The molecule has 1 N–H and O–H groups in total. The number of esters is 1. The van der Waals surface area contributed by atoms with E-state index in [0.29, 0.717) is 19.6 Å². The maximum Gasteiger partial charge on any atom is 0.312 e. The van der Waals surface area contributed by atoms with Crippen molar-refractivity contribution >= 4 is 17.8 Å². The van der Waals surface area contributed by atoms with Crippen molar-refractivity contribution in [2.75, 3.05) is 32.8 Å². The van der Waals surface area contributed by atoms with Gasteiger partial charge in [-0.05, 0) is 13.3 Å². The van der Waals surface area contributed by atoms with E-state index >= 15 is 0 Å². The molecule has 0 spiro atoms. The Hall–Kier alpha value is -1.63. The highest BCUT2D eigenvalue weighted by Gasteiger charge is 2.33. The quantitative estimate of drug-likeness (QED) is 0.498. The zero-order chi connectivity index (χ0) is 15.1. The van der Waals surface area contributed by atoms with Gasteiger partial charge in [0.1, 0.15) is 0 Å². The van der Waals surface area contributed by atoms with Gasteiger partial charge in [-0.25, -0.2) is 0 Å². The molecular weight excluding hydrogens is 264 g/mol. The normalized spacial score (nSPS) is 17.4. The summed E-state index contributed by atoms with van der Waals surface area (Å²) in [6, 6.07) is 0. The van der Waals surface area contributed by atoms with Gasteiger partial charge in [0.15, 0.2) is 0 Å². The molecule has 1 heterocycles. The summed E-state index contributed by atoms with van der Waals surface area (Å²) in [5.74, 6) is -1.67. The lowest BCUT2D eigenvalue weighted by atomic mass is 10.2. The molecular formula is C13H22N2O5. The summed E-state index contributed by atoms with van der Waals surface area (Å²) in [5, 5.41) is 9.75. The van der Waals surface area contributed by atoms with Crippen LogP contribution in [0.25, 0.3) is 0 Å². The number of carbonyl (C=O) groups is 3. The lowest BCUT2D eigenvalue weighted by Crippen LogP contribution is -2.56. The minimum absolute atomic E-state index is 0.0245. The van der Waals surface area contributed by atoms with Crippen LogP contribution >= 0.6 is 0 Å². The van der Waals surface area contributed by atoms with E-state index in [1.165, 1.54) is 9.80 Å². The molecule has 1 aliphatic heterocycles. The number of piperazine rings is 1. The predicted octanol–water partition coefficient (Wildman–Crippen LogP) is -0.619. The Balaban J connectivity index is 2.47. The lowest BCUT2D eigenvalue weighted by molar-refractivity contribution is -0.157. The zero-order valence-electron chi connectivity index (χ0n) is 12.0. The van der Waals surface area contributed by atoms with Gasteiger partial charge in [0.05, 0.1) is 19.1 Å². The van der Waals surface area contributed by atoms with E-state index in [-0.39, 0.29) is 19.6 Å². The van der Waals surface area contributed by atoms with E-state index in [1.807, 2.05) is 6.92 Å². The number of hydrogen-bond donors (Lipinski definition) is 1. The predicted molar refractivity (Wildman–Crippen MR) is 70.7 cm³/mol. The van der Waals surface area contributed by atoms with Crippen molar-refractivity contribution < 1.29 is 24.2 Å². The number of aliphatic hydroxyl groups is 1. The molecule has 0 aliphatic carbocycles. The van der Waals surface area contributed by atoms with Gasteiger partial charge in [-0.15, -0.1) is 0 Å². The molecule has 0 bridgehead atoms. The highest BCUT2D eigenvalue weighted by atomic mass is 16.5. The largest absolute Gasteiger partial charge is 0.466 e. The number of hydrogen-bond acceptors (Lipinski definition) is 5. The van der Waals surface area contributed by atoms with Crippen LogP contribution in [-0.2, 0) is 19.1 Å². The van der Waals surface area contributed by atoms with Crippen LogP contribution in [0, 0.1) is 0 Å². The number of aliphatic hydroxyl groups excluding tert-OH is 1. The Morgan fingerprint density at radius 1 is 1.25 bits per heavy atom. The number of ether oxygens (including phenoxy) is 1. The van der Waals surface area contributed by atoms with Crippen LogP contribution < -0.4 is 0 Å². The number of nitrogens with zero attached hydrogens (tertiary/aromatic N) is 2. The summed E-state index contributed by atoms with van der Waals surface area (Å²) in [6.07, 6.45) is -0.391. The summed E-state index contributed by atoms with van der Waals surface area (Å²) in [5.41, 5.74) is 0. The molecule has 2 amide bonds. The molecule has 1 fully saturated rings. The first-order chi connectivity index (χ1) is 9.49.